The second-order valence-corrected chi connectivity index (χ2v) is 5.94. The Kier molecular flexibility index (Phi) is 9.28. The molecule has 1 aliphatic heterocycles. The van der Waals surface area contributed by atoms with Gasteiger partial charge in [-0.25, -0.2) is 0 Å². The van der Waals surface area contributed by atoms with Crippen LogP contribution in [0.4, 0.5) is 0 Å². The summed E-state index contributed by atoms with van der Waals surface area (Å²) >= 11 is 0. The van der Waals surface area contributed by atoms with Crippen molar-refractivity contribution in [2.75, 3.05) is 39.3 Å². The zero-order chi connectivity index (χ0) is 16.4. The van der Waals surface area contributed by atoms with E-state index in [0.29, 0.717) is 5.92 Å². The van der Waals surface area contributed by atoms with Gasteiger partial charge in [0.1, 0.15) is 0 Å². The summed E-state index contributed by atoms with van der Waals surface area (Å²) in [5.74, 6) is 0.495. The highest BCUT2D eigenvalue weighted by molar-refractivity contribution is 5.16. The van der Waals surface area contributed by atoms with Crippen molar-refractivity contribution >= 4 is 0 Å². The molecule has 2 rings (SSSR count). The van der Waals surface area contributed by atoms with Gasteiger partial charge in [-0.15, -0.1) is 0 Å². The molecule has 0 saturated carbocycles. The van der Waals surface area contributed by atoms with Crippen LogP contribution in [0.2, 0.25) is 0 Å². The van der Waals surface area contributed by atoms with Crippen LogP contribution in [0.5, 0.6) is 0 Å². The molecule has 1 aliphatic rings. The van der Waals surface area contributed by atoms with E-state index in [-0.39, 0.29) is 6.61 Å². The molecular formula is C18H33N3O. The Morgan fingerprint density at radius 3 is 2.36 bits per heavy atom. The molecule has 0 radical (unpaired) electrons. The number of nitrogens with zero attached hydrogens (tertiary/aromatic N) is 3. The zero-order valence-electron chi connectivity index (χ0n) is 14.8. The molecule has 1 aromatic heterocycles. The van der Waals surface area contributed by atoms with Crippen LogP contribution in [-0.2, 0) is 6.54 Å². The summed E-state index contributed by atoms with van der Waals surface area (Å²) in [7, 11) is 0. The minimum atomic E-state index is 0.264. The van der Waals surface area contributed by atoms with E-state index in [2.05, 4.69) is 40.8 Å². The third-order valence-corrected chi connectivity index (χ3v) is 3.94. The molecule has 126 valence electrons. The normalized spacial score (nSPS) is 17.0. The topological polar surface area (TPSA) is 39.6 Å². The van der Waals surface area contributed by atoms with Crippen molar-refractivity contribution < 1.29 is 5.11 Å². The lowest BCUT2D eigenvalue weighted by molar-refractivity contribution is 0.196. The zero-order valence-corrected chi connectivity index (χ0v) is 14.8. The van der Waals surface area contributed by atoms with Gasteiger partial charge < -0.3 is 5.11 Å². The predicted octanol–water partition coefficient (Wildman–Crippen LogP) is 2.73. The maximum atomic E-state index is 9.02. The van der Waals surface area contributed by atoms with Crippen molar-refractivity contribution in [3.8, 4) is 0 Å². The van der Waals surface area contributed by atoms with Crippen LogP contribution in [0.25, 0.3) is 0 Å². The summed E-state index contributed by atoms with van der Waals surface area (Å²) in [4.78, 5) is 9.38. The highest BCUT2D eigenvalue weighted by atomic mass is 16.3. The fourth-order valence-electron chi connectivity index (χ4n) is 2.68. The Balaban J connectivity index is 0.00000116. The van der Waals surface area contributed by atoms with Gasteiger partial charge in [-0.05, 0) is 37.1 Å². The highest BCUT2D eigenvalue weighted by Gasteiger charge is 2.14. The van der Waals surface area contributed by atoms with Crippen molar-refractivity contribution in [3.63, 3.8) is 0 Å². The third-order valence-electron chi connectivity index (χ3n) is 3.94. The molecule has 2 heterocycles. The molecule has 4 nitrogen and oxygen atoms in total. The van der Waals surface area contributed by atoms with E-state index in [1.807, 2.05) is 20.0 Å². The first-order valence-electron chi connectivity index (χ1n) is 8.69. The average molecular weight is 307 g/mol. The average Bonchev–Trinajstić information content (AvgIpc) is 2.76. The molecule has 4 heteroatoms. The van der Waals surface area contributed by atoms with Crippen LogP contribution in [0.3, 0.4) is 0 Å². The van der Waals surface area contributed by atoms with Gasteiger partial charge in [-0.2, -0.15) is 0 Å². The minimum Gasteiger partial charge on any atom is -0.395 e. The van der Waals surface area contributed by atoms with E-state index in [9.17, 15) is 0 Å². The van der Waals surface area contributed by atoms with Gasteiger partial charge in [-0.1, -0.05) is 33.8 Å². The van der Waals surface area contributed by atoms with Crippen molar-refractivity contribution in [3.05, 3.63) is 29.6 Å². The lowest BCUT2D eigenvalue weighted by Crippen LogP contribution is -2.32. The molecule has 1 saturated heterocycles. The van der Waals surface area contributed by atoms with E-state index < -0.39 is 0 Å². The first-order chi connectivity index (χ1) is 10.7. The largest absolute Gasteiger partial charge is 0.395 e. The van der Waals surface area contributed by atoms with Crippen LogP contribution >= 0.6 is 0 Å². The Bertz CT molecular complexity index is 392. The molecule has 0 aliphatic carbocycles. The van der Waals surface area contributed by atoms with Crippen LogP contribution < -0.4 is 0 Å². The molecule has 1 aromatic rings. The predicted molar refractivity (Wildman–Crippen MR) is 93.1 cm³/mol. The summed E-state index contributed by atoms with van der Waals surface area (Å²) in [6.45, 7) is 14.8. The quantitative estimate of drug-likeness (QED) is 0.908. The molecule has 0 bridgehead atoms. The maximum absolute atomic E-state index is 9.02. The van der Waals surface area contributed by atoms with E-state index >= 15 is 0 Å². The summed E-state index contributed by atoms with van der Waals surface area (Å²) < 4.78 is 0. The fourth-order valence-corrected chi connectivity index (χ4v) is 2.68. The van der Waals surface area contributed by atoms with Crippen molar-refractivity contribution in [2.24, 2.45) is 0 Å². The van der Waals surface area contributed by atoms with Gasteiger partial charge in [0.25, 0.3) is 0 Å². The SMILES string of the molecule is CC.CC(C)c1ccc(CN2CCCN(CCO)CC2)cn1. The molecule has 0 amide bonds. The molecule has 22 heavy (non-hydrogen) atoms. The van der Waals surface area contributed by atoms with Crippen molar-refractivity contribution in [2.45, 2.75) is 46.6 Å². The van der Waals surface area contributed by atoms with Gasteiger partial charge >= 0.3 is 0 Å². The van der Waals surface area contributed by atoms with Crippen molar-refractivity contribution in [1.82, 2.24) is 14.8 Å². The standard InChI is InChI=1S/C16H27N3O.C2H6/c1-14(2)16-5-4-15(12-17-16)13-19-7-3-6-18(8-9-19)10-11-20;1-2/h4-5,12,14,20H,3,6-11,13H2,1-2H3;1-2H3. The molecule has 0 atom stereocenters. The van der Waals surface area contributed by atoms with Crippen molar-refractivity contribution in [1.29, 1.82) is 0 Å². The maximum Gasteiger partial charge on any atom is 0.0558 e. The summed E-state index contributed by atoms with van der Waals surface area (Å²) in [5.41, 5.74) is 2.46. The number of aliphatic hydroxyl groups excluding tert-OH is 1. The molecule has 1 fully saturated rings. The fraction of sp³-hybridized carbons (Fsp3) is 0.722. The molecule has 1 N–H and O–H groups in total. The summed E-state index contributed by atoms with van der Waals surface area (Å²) in [5, 5.41) is 9.02. The number of hydrogen-bond donors (Lipinski definition) is 1. The Morgan fingerprint density at radius 2 is 1.77 bits per heavy atom. The highest BCUT2D eigenvalue weighted by Crippen LogP contribution is 2.13. The molecule has 0 aromatic carbocycles. The summed E-state index contributed by atoms with van der Waals surface area (Å²) in [6, 6.07) is 4.36. The molecular weight excluding hydrogens is 274 g/mol. The Morgan fingerprint density at radius 1 is 1.09 bits per heavy atom. The number of aromatic nitrogens is 1. The van der Waals surface area contributed by atoms with E-state index in [1.165, 1.54) is 17.7 Å². The van der Waals surface area contributed by atoms with Gasteiger partial charge in [0.2, 0.25) is 0 Å². The number of aliphatic hydroxyl groups is 1. The number of rotatable bonds is 5. The summed E-state index contributed by atoms with van der Waals surface area (Å²) in [6.07, 6.45) is 3.20. The lowest BCUT2D eigenvalue weighted by Gasteiger charge is -2.21. The monoisotopic (exact) mass is 307 g/mol. The van der Waals surface area contributed by atoms with Gasteiger partial charge in [0.15, 0.2) is 0 Å². The van der Waals surface area contributed by atoms with Crippen LogP contribution in [0.15, 0.2) is 18.3 Å². The number of pyridine rings is 1. The van der Waals surface area contributed by atoms with E-state index in [0.717, 1.165) is 39.3 Å². The number of hydrogen-bond acceptors (Lipinski definition) is 4. The van der Waals surface area contributed by atoms with Gasteiger partial charge in [0.05, 0.1) is 6.61 Å². The molecule has 0 spiro atoms. The van der Waals surface area contributed by atoms with Crippen LogP contribution in [0, 0.1) is 0 Å². The van der Waals surface area contributed by atoms with E-state index in [4.69, 9.17) is 5.11 Å². The smallest absolute Gasteiger partial charge is 0.0558 e. The second-order valence-electron chi connectivity index (χ2n) is 5.94. The first-order valence-corrected chi connectivity index (χ1v) is 8.69. The van der Waals surface area contributed by atoms with Gasteiger partial charge in [0, 0.05) is 38.1 Å². The molecule has 0 unspecified atom stereocenters. The van der Waals surface area contributed by atoms with Crippen LogP contribution in [-0.4, -0.2) is 59.2 Å². The Labute approximate surface area is 136 Å². The van der Waals surface area contributed by atoms with Crippen LogP contribution in [0.1, 0.15) is 51.3 Å². The van der Waals surface area contributed by atoms with Gasteiger partial charge in [-0.3, -0.25) is 14.8 Å². The third kappa shape index (κ3) is 6.42. The first kappa shape index (κ1) is 19.1. The Hall–Kier alpha value is -0.970. The lowest BCUT2D eigenvalue weighted by atomic mass is 10.1. The minimum absolute atomic E-state index is 0.264. The second kappa shape index (κ2) is 10.7. The van der Waals surface area contributed by atoms with E-state index in [1.54, 1.807) is 0 Å². The number of β-amino-alcohol motifs (C(OH)–C–C–N with tert-alkyl or cyclic N) is 1.